The van der Waals surface area contributed by atoms with Gasteiger partial charge >= 0.3 is 5.84 Å². The summed E-state index contributed by atoms with van der Waals surface area (Å²) >= 11 is 0. The van der Waals surface area contributed by atoms with Crippen molar-refractivity contribution < 1.29 is 4.42 Å². The van der Waals surface area contributed by atoms with Crippen LogP contribution in [0.3, 0.4) is 0 Å². The van der Waals surface area contributed by atoms with Crippen LogP contribution >= 0.6 is 0 Å². The summed E-state index contributed by atoms with van der Waals surface area (Å²) in [5.74, 6) is 0.607. The molecule has 0 radical (unpaired) electrons. The zero-order valence-electron chi connectivity index (χ0n) is 20.9. The third kappa shape index (κ3) is 2.80. The molecule has 182 valence electrons. The molecule has 4 heteroatoms. The van der Waals surface area contributed by atoms with E-state index in [4.69, 9.17) is 9.40 Å². The molecule has 0 unspecified atom stereocenters. The van der Waals surface area contributed by atoms with Gasteiger partial charge in [-0.2, -0.15) is 4.98 Å². The predicted octanol–water partition coefficient (Wildman–Crippen LogP) is 9.01. The molecule has 8 aromatic rings. The van der Waals surface area contributed by atoms with Gasteiger partial charge in [-0.05, 0) is 57.6 Å². The Balaban J connectivity index is 1.35. The molecule has 3 heterocycles. The number of rotatable bonds is 1. The molecule has 0 N–H and O–H groups in total. The van der Waals surface area contributed by atoms with E-state index in [0.717, 1.165) is 27.8 Å². The van der Waals surface area contributed by atoms with Crippen LogP contribution in [0.5, 0.6) is 0 Å². The molecule has 0 amide bonds. The van der Waals surface area contributed by atoms with Crippen molar-refractivity contribution >= 4 is 28.0 Å². The first kappa shape index (κ1) is 20.7. The van der Waals surface area contributed by atoms with Crippen molar-refractivity contribution in [2.45, 2.75) is 0 Å². The summed E-state index contributed by atoms with van der Waals surface area (Å²) < 4.78 is 10.7. The minimum atomic E-state index is 0.607. The number of oxazole rings is 1. The van der Waals surface area contributed by atoms with Gasteiger partial charge in [0, 0.05) is 23.5 Å². The van der Waals surface area contributed by atoms with Crippen LogP contribution in [0.2, 0.25) is 0 Å². The van der Waals surface area contributed by atoms with Gasteiger partial charge in [0.15, 0.2) is 5.58 Å². The van der Waals surface area contributed by atoms with E-state index in [9.17, 15) is 0 Å². The SMILES string of the molecule is c1ccc2c(c1)-c1ccccc1-c1cn(-c3cccc4c3oc3nc5ccccc5n34)cc1-c1ccccc1-2. The van der Waals surface area contributed by atoms with E-state index >= 15 is 0 Å². The first-order chi connectivity index (χ1) is 19.3. The second-order valence-corrected chi connectivity index (χ2v) is 10.1. The summed E-state index contributed by atoms with van der Waals surface area (Å²) in [7, 11) is 0. The highest BCUT2D eigenvalue weighted by Crippen LogP contribution is 2.48. The second-order valence-electron chi connectivity index (χ2n) is 10.1. The fourth-order valence-corrected chi connectivity index (χ4v) is 6.27. The first-order valence-corrected chi connectivity index (χ1v) is 13.1. The van der Waals surface area contributed by atoms with Crippen molar-refractivity contribution in [2.75, 3.05) is 0 Å². The minimum Gasteiger partial charge on any atom is -0.421 e. The van der Waals surface area contributed by atoms with Crippen molar-refractivity contribution in [3.63, 3.8) is 0 Å². The van der Waals surface area contributed by atoms with Crippen LogP contribution in [0.1, 0.15) is 0 Å². The van der Waals surface area contributed by atoms with E-state index in [1.54, 1.807) is 0 Å². The average molecular weight is 500 g/mol. The molecule has 0 atom stereocenters. The Morgan fingerprint density at radius 3 is 1.54 bits per heavy atom. The van der Waals surface area contributed by atoms with Crippen molar-refractivity contribution in [3.8, 4) is 50.2 Å². The quantitative estimate of drug-likeness (QED) is 0.226. The highest BCUT2D eigenvalue weighted by Gasteiger charge is 2.24. The molecule has 1 aliphatic carbocycles. The van der Waals surface area contributed by atoms with E-state index in [2.05, 4.69) is 118 Å². The highest BCUT2D eigenvalue weighted by atomic mass is 16.4. The third-order valence-electron chi connectivity index (χ3n) is 7.98. The normalized spacial score (nSPS) is 12.1. The van der Waals surface area contributed by atoms with Crippen LogP contribution in [-0.4, -0.2) is 14.0 Å². The zero-order chi connectivity index (χ0) is 25.5. The van der Waals surface area contributed by atoms with E-state index in [0.29, 0.717) is 5.84 Å². The number of hydrogen-bond acceptors (Lipinski definition) is 2. The first-order valence-electron chi connectivity index (χ1n) is 13.1. The van der Waals surface area contributed by atoms with Gasteiger partial charge in [-0.25, -0.2) is 0 Å². The second kappa shape index (κ2) is 7.59. The molecule has 0 aliphatic heterocycles. The summed E-state index contributed by atoms with van der Waals surface area (Å²) in [6.07, 6.45) is 4.49. The number of hydrogen-bond donors (Lipinski definition) is 0. The lowest BCUT2D eigenvalue weighted by Gasteiger charge is -2.20. The maximum Gasteiger partial charge on any atom is 0.307 e. The number of aromatic nitrogens is 3. The van der Waals surface area contributed by atoms with Gasteiger partial charge < -0.3 is 8.98 Å². The summed E-state index contributed by atoms with van der Waals surface area (Å²) in [6, 6.07) is 40.6. The predicted molar refractivity (Wildman–Crippen MR) is 157 cm³/mol. The topological polar surface area (TPSA) is 35.4 Å². The number of para-hydroxylation sites is 3. The summed E-state index contributed by atoms with van der Waals surface area (Å²) in [5, 5.41) is 0. The smallest absolute Gasteiger partial charge is 0.307 e. The summed E-state index contributed by atoms with van der Waals surface area (Å²) in [6.45, 7) is 0. The molecule has 5 aromatic carbocycles. The molecular weight excluding hydrogens is 478 g/mol. The minimum absolute atomic E-state index is 0.607. The maximum absolute atomic E-state index is 6.43. The van der Waals surface area contributed by atoms with Crippen LogP contribution in [-0.2, 0) is 0 Å². The Hall–Kier alpha value is -5.35. The Morgan fingerprint density at radius 2 is 0.949 bits per heavy atom. The molecule has 0 fully saturated rings. The van der Waals surface area contributed by atoms with E-state index in [-0.39, 0.29) is 0 Å². The molecule has 0 spiro atoms. The molecule has 0 bridgehead atoms. The van der Waals surface area contributed by atoms with Crippen molar-refractivity contribution in [1.29, 1.82) is 0 Å². The van der Waals surface area contributed by atoms with Gasteiger partial charge in [-0.15, -0.1) is 0 Å². The molecule has 9 rings (SSSR count). The molecule has 39 heavy (non-hydrogen) atoms. The molecular formula is C35H21N3O. The highest BCUT2D eigenvalue weighted by molar-refractivity contribution is 6.03. The lowest BCUT2D eigenvalue weighted by molar-refractivity contribution is 0.640. The van der Waals surface area contributed by atoms with Crippen LogP contribution in [0.25, 0.3) is 78.2 Å². The molecule has 1 aliphatic rings. The molecule has 4 nitrogen and oxygen atoms in total. The maximum atomic E-state index is 6.43. The lowest BCUT2D eigenvalue weighted by atomic mass is 9.82. The third-order valence-corrected chi connectivity index (χ3v) is 7.98. The van der Waals surface area contributed by atoms with Crippen molar-refractivity contribution in [1.82, 2.24) is 14.0 Å². The number of imidazole rings is 1. The average Bonchev–Trinajstić information content (AvgIpc) is 3.68. The van der Waals surface area contributed by atoms with Gasteiger partial charge in [-0.3, -0.25) is 4.40 Å². The van der Waals surface area contributed by atoms with E-state index < -0.39 is 0 Å². The largest absolute Gasteiger partial charge is 0.421 e. The number of benzene rings is 5. The van der Waals surface area contributed by atoms with E-state index in [1.165, 1.54) is 44.5 Å². The lowest BCUT2D eigenvalue weighted by Crippen LogP contribution is -1.94. The van der Waals surface area contributed by atoms with Gasteiger partial charge in [0.1, 0.15) is 0 Å². The monoisotopic (exact) mass is 499 g/mol. The number of fused-ring (bicyclic) bond motifs is 13. The standard InChI is InChI=1S/C35H21N3O/c1-2-11-23-22(10-1)24-12-3-5-14-26(24)28-20-37(21-29(28)27-15-6-4-13-25(23)27)32-18-9-19-33-34(32)39-35-36-30-16-7-8-17-31(30)38(33)35/h1-21H. The number of nitrogens with zero attached hydrogens (tertiary/aromatic N) is 3. The van der Waals surface area contributed by atoms with Gasteiger partial charge in [0.05, 0.1) is 22.2 Å². The van der Waals surface area contributed by atoms with Gasteiger partial charge in [0.25, 0.3) is 0 Å². The Morgan fingerprint density at radius 1 is 0.462 bits per heavy atom. The fourth-order valence-electron chi connectivity index (χ4n) is 6.27. The van der Waals surface area contributed by atoms with Crippen LogP contribution in [0.4, 0.5) is 0 Å². The van der Waals surface area contributed by atoms with Crippen molar-refractivity contribution in [3.05, 3.63) is 128 Å². The Kier molecular flexibility index (Phi) is 4.02. The molecule has 3 aromatic heterocycles. The van der Waals surface area contributed by atoms with Crippen LogP contribution < -0.4 is 0 Å². The fraction of sp³-hybridized carbons (Fsp3) is 0. The van der Waals surface area contributed by atoms with Crippen molar-refractivity contribution in [2.24, 2.45) is 0 Å². The zero-order valence-corrected chi connectivity index (χ0v) is 20.9. The molecule has 0 saturated heterocycles. The van der Waals surface area contributed by atoms with E-state index in [1.807, 2.05) is 18.2 Å². The van der Waals surface area contributed by atoms with Crippen LogP contribution in [0.15, 0.2) is 132 Å². The Labute approximate surface area is 224 Å². The Bertz CT molecular complexity index is 2160. The molecule has 0 saturated carbocycles. The van der Waals surface area contributed by atoms with Crippen LogP contribution in [0, 0.1) is 0 Å². The summed E-state index contributed by atoms with van der Waals surface area (Å²) in [4.78, 5) is 4.75. The summed E-state index contributed by atoms with van der Waals surface area (Å²) in [5.41, 5.74) is 14.6. The van der Waals surface area contributed by atoms with Gasteiger partial charge in [-0.1, -0.05) is 91.0 Å². The van der Waals surface area contributed by atoms with Gasteiger partial charge in [0.2, 0.25) is 0 Å².